The molecule has 4 fully saturated rings. The van der Waals surface area contributed by atoms with Crippen LogP contribution >= 0.6 is 0 Å². The number of halogens is 3. The van der Waals surface area contributed by atoms with Gasteiger partial charge in [0.25, 0.3) is 0 Å². The van der Waals surface area contributed by atoms with Gasteiger partial charge in [0.2, 0.25) is 11.8 Å². The number of carbonyl (C=O) groups is 3. The summed E-state index contributed by atoms with van der Waals surface area (Å²) in [7, 11) is 0. The minimum absolute atomic E-state index is 0.0154. The number of rotatable bonds is 6. The minimum Gasteiger partial charge on any atom is -0.443 e. The van der Waals surface area contributed by atoms with Gasteiger partial charge in [-0.15, -0.1) is 0 Å². The zero-order valence-corrected chi connectivity index (χ0v) is 20.0. The first kappa shape index (κ1) is 25.3. The maximum atomic E-state index is 14.0. The summed E-state index contributed by atoms with van der Waals surface area (Å²) >= 11 is 0. The van der Waals surface area contributed by atoms with Crippen LogP contribution < -0.4 is 16.4 Å². The summed E-state index contributed by atoms with van der Waals surface area (Å²) in [6, 6.07) is -2.44. The van der Waals surface area contributed by atoms with E-state index in [2.05, 4.69) is 15.7 Å². The molecule has 1 aliphatic heterocycles. The Balaban J connectivity index is 1.46. The highest BCUT2D eigenvalue weighted by molar-refractivity contribution is 5.95. The number of nitrogens with one attached hydrogen (secondary N) is 2. The molecule has 5 aliphatic rings. The molecular formula is C23H32F3N5O4. The lowest BCUT2D eigenvalue weighted by atomic mass is 9.52. The van der Waals surface area contributed by atoms with Crippen molar-refractivity contribution in [1.82, 2.24) is 15.6 Å². The molecule has 0 radical (unpaired) electrons. The zero-order chi connectivity index (χ0) is 25.8. The molecule has 4 unspecified atom stereocenters. The monoisotopic (exact) mass is 499 g/mol. The Kier molecular flexibility index (Phi) is 6.29. The summed E-state index contributed by atoms with van der Waals surface area (Å²) in [4.78, 5) is 35.9. The van der Waals surface area contributed by atoms with E-state index < -0.39 is 41.3 Å². The molecule has 0 aromatic rings. The van der Waals surface area contributed by atoms with Crippen molar-refractivity contribution in [3.63, 3.8) is 0 Å². The predicted octanol–water partition coefficient (Wildman–Crippen LogP) is 2.42. The van der Waals surface area contributed by atoms with E-state index in [1.807, 2.05) is 0 Å². The number of alkyl halides is 3. The molecule has 4 saturated carbocycles. The van der Waals surface area contributed by atoms with Crippen LogP contribution in [0.15, 0.2) is 17.4 Å². The molecule has 0 aromatic heterocycles. The normalized spacial score (nSPS) is 36.0. The maximum absolute atomic E-state index is 14.0. The quantitative estimate of drug-likeness (QED) is 0.518. The van der Waals surface area contributed by atoms with Crippen LogP contribution in [0.4, 0.5) is 18.0 Å². The van der Waals surface area contributed by atoms with E-state index in [0.29, 0.717) is 18.8 Å². The Labute approximate surface area is 201 Å². The highest BCUT2D eigenvalue weighted by atomic mass is 19.4. The maximum Gasteiger partial charge on any atom is 0.411 e. The number of amides is 3. The molecule has 12 heteroatoms. The van der Waals surface area contributed by atoms with Gasteiger partial charge in [0.1, 0.15) is 11.5 Å². The first-order valence-electron chi connectivity index (χ1n) is 11.8. The van der Waals surface area contributed by atoms with Crippen molar-refractivity contribution < 1.29 is 32.3 Å². The molecule has 0 aromatic carbocycles. The van der Waals surface area contributed by atoms with Crippen LogP contribution in [0, 0.1) is 23.7 Å². The average Bonchev–Trinajstić information content (AvgIpc) is 3.11. The summed E-state index contributed by atoms with van der Waals surface area (Å²) < 4.78 is 47.5. The van der Waals surface area contributed by atoms with Gasteiger partial charge in [-0.3, -0.25) is 14.6 Å². The molecule has 4 bridgehead atoms. The van der Waals surface area contributed by atoms with E-state index in [1.54, 1.807) is 13.8 Å². The largest absolute Gasteiger partial charge is 0.443 e. The molecular weight excluding hydrogens is 467 g/mol. The molecule has 4 N–H and O–H groups in total. The fourth-order valence-electron chi connectivity index (χ4n) is 6.70. The van der Waals surface area contributed by atoms with Gasteiger partial charge in [-0.1, -0.05) is 0 Å². The van der Waals surface area contributed by atoms with E-state index in [1.165, 1.54) is 13.0 Å². The Morgan fingerprint density at radius 2 is 1.80 bits per heavy atom. The number of nitrogens with two attached hydrogens (primary N) is 1. The van der Waals surface area contributed by atoms with Crippen LogP contribution in [0.2, 0.25) is 0 Å². The second kappa shape index (κ2) is 8.70. The molecule has 194 valence electrons. The highest BCUT2D eigenvalue weighted by Gasteiger charge is 2.59. The second-order valence-corrected chi connectivity index (χ2v) is 11.0. The van der Waals surface area contributed by atoms with Gasteiger partial charge in [-0.2, -0.15) is 18.3 Å². The topological polar surface area (TPSA) is 126 Å². The molecule has 4 aliphatic carbocycles. The number of ether oxygens (including phenoxy) is 1. The van der Waals surface area contributed by atoms with Gasteiger partial charge in [0.05, 0.1) is 5.54 Å². The minimum atomic E-state index is -4.72. The molecule has 0 saturated heterocycles. The van der Waals surface area contributed by atoms with E-state index in [0.717, 1.165) is 36.7 Å². The summed E-state index contributed by atoms with van der Waals surface area (Å²) in [5.41, 5.74) is 3.74. The molecule has 5 rings (SSSR count). The van der Waals surface area contributed by atoms with Crippen LogP contribution in [0.25, 0.3) is 0 Å². The van der Waals surface area contributed by atoms with Gasteiger partial charge in [0.15, 0.2) is 6.04 Å². The lowest BCUT2D eigenvalue weighted by molar-refractivity contribution is -0.184. The Morgan fingerprint density at radius 3 is 2.34 bits per heavy atom. The number of nitrogens with zero attached hydrogens (tertiary/aromatic N) is 2. The molecule has 1 heterocycles. The van der Waals surface area contributed by atoms with Crippen molar-refractivity contribution in [3.05, 3.63) is 12.3 Å². The smallest absolute Gasteiger partial charge is 0.411 e. The van der Waals surface area contributed by atoms with Gasteiger partial charge < -0.3 is 21.1 Å². The van der Waals surface area contributed by atoms with Crippen LogP contribution in [0.1, 0.15) is 52.9 Å². The van der Waals surface area contributed by atoms with E-state index in [-0.39, 0.29) is 23.8 Å². The highest BCUT2D eigenvalue weighted by Crippen LogP contribution is 2.57. The van der Waals surface area contributed by atoms with Gasteiger partial charge in [-0.05, 0) is 69.8 Å². The van der Waals surface area contributed by atoms with E-state index in [4.69, 9.17) is 10.5 Å². The lowest BCUT2D eigenvalue weighted by Gasteiger charge is -2.59. The first-order valence-corrected chi connectivity index (χ1v) is 11.8. The number of primary amides is 1. The molecule has 35 heavy (non-hydrogen) atoms. The van der Waals surface area contributed by atoms with Crippen molar-refractivity contribution in [2.75, 3.05) is 0 Å². The van der Waals surface area contributed by atoms with Crippen molar-refractivity contribution in [1.29, 1.82) is 0 Å². The summed E-state index contributed by atoms with van der Waals surface area (Å²) in [6.07, 6.45) is 1.53. The fraction of sp³-hybridized carbons (Fsp3) is 0.739. The van der Waals surface area contributed by atoms with Crippen molar-refractivity contribution in [2.45, 2.75) is 82.3 Å². The van der Waals surface area contributed by atoms with Crippen molar-refractivity contribution in [3.8, 4) is 0 Å². The third-order valence-corrected chi connectivity index (χ3v) is 7.61. The van der Waals surface area contributed by atoms with E-state index in [9.17, 15) is 27.6 Å². The standard InChI is InChI=1S/C23H32F3N5O4/c1-12(32)30-21(2,3)4-5-31-18(23(24,25)26)16(11-28-31)19(33)29-17-14-6-13-7-15(17)10-22(8-13,9-14)35-20(27)34/h4-5,11,13-18H,6-10H2,1-3H3,(H2,27,34)(H,29,33)(H,30,32)/b5-4+. The lowest BCUT2D eigenvalue weighted by Crippen LogP contribution is -2.64. The Hall–Kier alpha value is -2.79. The van der Waals surface area contributed by atoms with Gasteiger partial charge >= 0.3 is 12.3 Å². The SMILES string of the molecule is CC(=O)NC(C)(C)/C=C/N1N=CC(C(=O)NC2C3CC4CC2CC(OC(N)=O)(C4)C3)C1C(F)(F)F. The molecule has 0 spiro atoms. The summed E-state index contributed by atoms with van der Waals surface area (Å²) in [6.45, 7) is 4.59. The number of hydrogen-bond donors (Lipinski definition) is 3. The number of carbonyl (C=O) groups excluding carboxylic acids is 3. The fourth-order valence-corrected chi connectivity index (χ4v) is 6.70. The van der Waals surface area contributed by atoms with Crippen LogP contribution in [0.5, 0.6) is 0 Å². The predicted molar refractivity (Wildman–Crippen MR) is 120 cm³/mol. The van der Waals surface area contributed by atoms with Crippen LogP contribution in [-0.2, 0) is 14.3 Å². The Bertz CT molecular complexity index is 934. The van der Waals surface area contributed by atoms with Gasteiger partial charge in [0, 0.05) is 25.4 Å². The van der Waals surface area contributed by atoms with Crippen LogP contribution in [-0.4, -0.2) is 58.5 Å². The molecule has 9 nitrogen and oxygen atoms in total. The molecule has 4 atom stereocenters. The first-order chi connectivity index (χ1) is 16.2. The average molecular weight is 500 g/mol. The summed E-state index contributed by atoms with van der Waals surface area (Å²) in [5, 5.41) is 10.1. The summed E-state index contributed by atoms with van der Waals surface area (Å²) in [5.74, 6) is -2.19. The van der Waals surface area contributed by atoms with Gasteiger partial charge in [-0.25, -0.2) is 4.79 Å². The third-order valence-electron chi connectivity index (χ3n) is 7.61. The number of hydrazone groups is 1. The zero-order valence-electron chi connectivity index (χ0n) is 20.0. The third kappa shape index (κ3) is 5.25. The van der Waals surface area contributed by atoms with Crippen LogP contribution in [0.3, 0.4) is 0 Å². The molecule has 3 amide bonds. The Morgan fingerprint density at radius 1 is 1.17 bits per heavy atom. The van der Waals surface area contributed by atoms with E-state index >= 15 is 0 Å². The second-order valence-electron chi connectivity index (χ2n) is 11.0. The number of hydrogen-bond acceptors (Lipinski definition) is 6. The van der Waals surface area contributed by atoms with Crippen molar-refractivity contribution in [2.24, 2.45) is 34.5 Å². The van der Waals surface area contributed by atoms with Crippen molar-refractivity contribution >= 4 is 24.1 Å².